The molecule has 0 bridgehead atoms. The standard InChI is InChI=1S/C18H18BrNO3/c1-2-23-18(22)15-11-13(9-12-5-3-6-14(19)10-12)17(21)20-8-4-7-16(15)20/h3,5-6,10-11H,2,4,7-9H2,1H3. The number of carbonyl (C=O) groups is 1. The Balaban J connectivity index is 2.05. The minimum absolute atomic E-state index is 0.00511. The van der Waals surface area contributed by atoms with Crippen molar-refractivity contribution in [3.63, 3.8) is 0 Å². The van der Waals surface area contributed by atoms with Gasteiger partial charge in [0, 0.05) is 28.7 Å². The number of hydrogen-bond donors (Lipinski definition) is 0. The number of rotatable bonds is 4. The summed E-state index contributed by atoms with van der Waals surface area (Å²) in [5.41, 5.74) is 3.02. The lowest BCUT2D eigenvalue weighted by atomic mass is 10.0. The molecule has 2 heterocycles. The van der Waals surface area contributed by atoms with E-state index in [-0.39, 0.29) is 11.5 Å². The van der Waals surface area contributed by atoms with Crippen LogP contribution in [0.5, 0.6) is 0 Å². The fourth-order valence-corrected chi connectivity index (χ4v) is 3.50. The van der Waals surface area contributed by atoms with Gasteiger partial charge in [-0.05, 0) is 43.5 Å². The lowest BCUT2D eigenvalue weighted by molar-refractivity contribution is 0.0524. The zero-order chi connectivity index (χ0) is 16.4. The predicted molar refractivity (Wildman–Crippen MR) is 91.9 cm³/mol. The maximum atomic E-state index is 12.7. The maximum absolute atomic E-state index is 12.7. The van der Waals surface area contributed by atoms with Gasteiger partial charge in [0.2, 0.25) is 0 Å². The average Bonchev–Trinajstić information content (AvgIpc) is 3.00. The molecule has 23 heavy (non-hydrogen) atoms. The second-order valence-electron chi connectivity index (χ2n) is 5.62. The summed E-state index contributed by atoms with van der Waals surface area (Å²) in [5.74, 6) is -0.339. The Labute approximate surface area is 143 Å². The minimum atomic E-state index is -0.339. The quantitative estimate of drug-likeness (QED) is 0.770. The molecule has 2 aromatic rings. The second kappa shape index (κ2) is 6.71. The van der Waals surface area contributed by atoms with Crippen molar-refractivity contribution < 1.29 is 9.53 Å². The van der Waals surface area contributed by atoms with Crippen LogP contribution in [0.2, 0.25) is 0 Å². The lowest BCUT2D eigenvalue weighted by Gasteiger charge is -2.12. The van der Waals surface area contributed by atoms with Gasteiger partial charge in [0.25, 0.3) is 5.56 Å². The Hall–Kier alpha value is -1.88. The number of benzene rings is 1. The molecule has 0 radical (unpaired) electrons. The summed E-state index contributed by atoms with van der Waals surface area (Å²) in [6, 6.07) is 9.58. The van der Waals surface area contributed by atoms with Crippen molar-refractivity contribution in [2.45, 2.75) is 32.7 Å². The number of carbonyl (C=O) groups excluding carboxylic acids is 1. The van der Waals surface area contributed by atoms with Crippen molar-refractivity contribution in [2.24, 2.45) is 0 Å². The van der Waals surface area contributed by atoms with E-state index >= 15 is 0 Å². The first-order chi connectivity index (χ1) is 11.1. The number of pyridine rings is 1. The van der Waals surface area contributed by atoms with Crippen LogP contribution in [0.15, 0.2) is 39.6 Å². The van der Waals surface area contributed by atoms with Gasteiger partial charge in [-0.25, -0.2) is 4.79 Å². The fraction of sp³-hybridized carbons (Fsp3) is 0.333. The summed E-state index contributed by atoms with van der Waals surface area (Å²) >= 11 is 3.44. The van der Waals surface area contributed by atoms with Crippen molar-refractivity contribution >= 4 is 21.9 Å². The molecule has 5 heteroatoms. The number of aromatic nitrogens is 1. The van der Waals surface area contributed by atoms with Gasteiger partial charge in [-0.3, -0.25) is 4.79 Å². The number of esters is 1. The average molecular weight is 376 g/mol. The fourth-order valence-electron chi connectivity index (χ4n) is 3.05. The first-order valence-electron chi connectivity index (χ1n) is 7.77. The number of nitrogens with zero attached hydrogens (tertiary/aromatic N) is 1. The van der Waals surface area contributed by atoms with Crippen LogP contribution in [-0.2, 0) is 24.1 Å². The van der Waals surface area contributed by atoms with E-state index < -0.39 is 0 Å². The van der Waals surface area contributed by atoms with Gasteiger partial charge < -0.3 is 9.30 Å². The third kappa shape index (κ3) is 3.24. The van der Waals surface area contributed by atoms with E-state index in [4.69, 9.17) is 4.74 Å². The van der Waals surface area contributed by atoms with Crippen molar-refractivity contribution in [1.29, 1.82) is 0 Å². The van der Waals surface area contributed by atoms with Gasteiger partial charge in [-0.1, -0.05) is 28.1 Å². The molecule has 0 fully saturated rings. The van der Waals surface area contributed by atoms with Gasteiger partial charge in [0.05, 0.1) is 12.2 Å². The van der Waals surface area contributed by atoms with Crippen LogP contribution in [0.3, 0.4) is 0 Å². The summed E-state index contributed by atoms with van der Waals surface area (Å²) in [7, 11) is 0. The number of hydrogen-bond acceptors (Lipinski definition) is 3. The Bertz CT molecular complexity index is 810. The topological polar surface area (TPSA) is 48.3 Å². The molecule has 0 amide bonds. The van der Waals surface area contributed by atoms with E-state index in [1.807, 2.05) is 24.3 Å². The Kier molecular flexibility index (Phi) is 4.66. The molecule has 1 aliphatic heterocycles. The third-order valence-electron chi connectivity index (χ3n) is 4.05. The lowest BCUT2D eigenvalue weighted by Crippen LogP contribution is -2.26. The van der Waals surface area contributed by atoms with E-state index in [9.17, 15) is 9.59 Å². The van der Waals surface area contributed by atoms with Gasteiger partial charge >= 0.3 is 5.97 Å². The first-order valence-corrected chi connectivity index (χ1v) is 8.56. The van der Waals surface area contributed by atoms with Crippen LogP contribution in [0.25, 0.3) is 0 Å². The molecule has 4 nitrogen and oxygen atoms in total. The molecule has 0 N–H and O–H groups in total. The molecule has 0 saturated carbocycles. The van der Waals surface area contributed by atoms with E-state index in [1.165, 1.54) is 0 Å². The van der Waals surface area contributed by atoms with Crippen LogP contribution >= 0.6 is 15.9 Å². The summed E-state index contributed by atoms with van der Waals surface area (Å²) < 4.78 is 7.87. The van der Waals surface area contributed by atoms with Crippen molar-refractivity contribution in [2.75, 3.05) is 6.61 Å². The molecule has 1 aromatic heterocycles. The van der Waals surface area contributed by atoms with Gasteiger partial charge in [-0.15, -0.1) is 0 Å². The molecular formula is C18H18BrNO3. The highest BCUT2D eigenvalue weighted by Crippen LogP contribution is 2.21. The van der Waals surface area contributed by atoms with Crippen molar-refractivity contribution in [3.8, 4) is 0 Å². The maximum Gasteiger partial charge on any atom is 0.339 e. The van der Waals surface area contributed by atoms with Crippen LogP contribution in [0, 0.1) is 0 Å². The zero-order valence-corrected chi connectivity index (χ0v) is 14.6. The summed E-state index contributed by atoms with van der Waals surface area (Å²) in [4.78, 5) is 24.9. The monoisotopic (exact) mass is 375 g/mol. The molecule has 120 valence electrons. The van der Waals surface area contributed by atoms with Gasteiger partial charge in [-0.2, -0.15) is 0 Å². The number of halogens is 1. The Morgan fingerprint density at radius 1 is 1.35 bits per heavy atom. The van der Waals surface area contributed by atoms with E-state index in [0.29, 0.717) is 30.7 Å². The molecule has 3 rings (SSSR count). The second-order valence-corrected chi connectivity index (χ2v) is 6.53. The van der Waals surface area contributed by atoms with Crippen LogP contribution in [-0.4, -0.2) is 17.1 Å². The zero-order valence-electron chi connectivity index (χ0n) is 13.0. The minimum Gasteiger partial charge on any atom is -0.462 e. The van der Waals surface area contributed by atoms with Crippen LogP contribution < -0.4 is 5.56 Å². The predicted octanol–water partition coefficient (Wildman–Crippen LogP) is 3.32. The van der Waals surface area contributed by atoms with E-state index in [0.717, 1.165) is 28.6 Å². The Morgan fingerprint density at radius 2 is 2.17 bits per heavy atom. The number of ether oxygens (including phenoxy) is 1. The van der Waals surface area contributed by atoms with E-state index in [2.05, 4.69) is 15.9 Å². The van der Waals surface area contributed by atoms with Gasteiger partial charge in [0.15, 0.2) is 0 Å². The largest absolute Gasteiger partial charge is 0.462 e. The highest BCUT2D eigenvalue weighted by atomic mass is 79.9. The molecule has 1 aromatic carbocycles. The highest BCUT2D eigenvalue weighted by molar-refractivity contribution is 9.10. The van der Waals surface area contributed by atoms with E-state index in [1.54, 1.807) is 17.6 Å². The number of fused-ring (bicyclic) bond motifs is 1. The van der Waals surface area contributed by atoms with Gasteiger partial charge in [0.1, 0.15) is 0 Å². The highest BCUT2D eigenvalue weighted by Gasteiger charge is 2.23. The van der Waals surface area contributed by atoms with Crippen molar-refractivity contribution in [1.82, 2.24) is 4.57 Å². The van der Waals surface area contributed by atoms with Crippen LogP contribution in [0.1, 0.15) is 40.5 Å². The normalized spacial score (nSPS) is 13.0. The third-order valence-corrected chi connectivity index (χ3v) is 4.54. The summed E-state index contributed by atoms with van der Waals surface area (Å²) in [5, 5.41) is 0. The summed E-state index contributed by atoms with van der Waals surface area (Å²) in [6.45, 7) is 2.79. The summed E-state index contributed by atoms with van der Waals surface area (Å²) in [6.07, 6.45) is 2.15. The first kappa shape index (κ1) is 16.0. The van der Waals surface area contributed by atoms with Crippen molar-refractivity contribution in [3.05, 3.63) is 67.5 Å². The Morgan fingerprint density at radius 3 is 2.91 bits per heavy atom. The molecule has 0 saturated heterocycles. The smallest absolute Gasteiger partial charge is 0.339 e. The molecule has 0 unspecified atom stereocenters. The molecule has 0 spiro atoms. The SMILES string of the molecule is CCOC(=O)c1cc(Cc2cccc(Br)c2)c(=O)n2c1CCC2. The molecule has 0 atom stereocenters. The molecule has 1 aliphatic rings. The molecular weight excluding hydrogens is 358 g/mol. The van der Waals surface area contributed by atoms with Crippen LogP contribution in [0.4, 0.5) is 0 Å². The molecule has 0 aliphatic carbocycles.